The molecule has 0 aliphatic carbocycles. The van der Waals surface area contributed by atoms with Crippen LogP contribution in [-0.4, -0.2) is 82.2 Å². The maximum Gasteiger partial charge on any atom is 0.123 e. The predicted molar refractivity (Wildman–Crippen MR) is 232 cm³/mol. The quantitative estimate of drug-likeness (QED) is 0.206. The van der Waals surface area contributed by atoms with Crippen LogP contribution >= 0.6 is 0 Å². The number of ether oxygens (including phenoxy) is 2. The SMILES string of the molecule is c1ccc2c(c1)CCN(Cc1ccc3c(c1)CC1(CCC4CCCN4CC1)O3)C2.c1ccc2c(c1)CCN(Cc1ccc3c(c1)CC1(CCCN4CCCC4C1)O3)C2. The van der Waals surface area contributed by atoms with Gasteiger partial charge in [0.2, 0.25) is 0 Å². The maximum absolute atomic E-state index is 6.67. The third-order valence-corrected chi connectivity index (χ3v) is 15.6. The van der Waals surface area contributed by atoms with Crippen molar-refractivity contribution in [3.05, 3.63) is 129 Å². The van der Waals surface area contributed by atoms with Crippen molar-refractivity contribution < 1.29 is 9.47 Å². The summed E-state index contributed by atoms with van der Waals surface area (Å²) >= 11 is 0. The van der Waals surface area contributed by atoms with Gasteiger partial charge in [0.1, 0.15) is 22.7 Å². The van der Waals surface area contributed by atoms with Crippen molar-refractivity contribution in [2.24, 2.45) is 0 Å². The first-order valence-corrected chi connectivity index (χ1v) is 23.2. The van der Waals surface area contributed by atoms with Gasteiger partial charge in [-0.15, -0.1) is 0 Å². The van der Waals surface area contributed by atoms with Gasteiger partial charge in [-0.3, -0.25) is 9.80 Å². The molecule has 0 amide bonds. The van der Waals surface area contributed by atoms with E-state index in [4.69, 9.17) is 9.47 Å². The van der Waals surface area contributed by atoms with Crippen LogP contribution in [0.25, 0.3) is 0 Å². The number of rotatable bonds is 4. The molecule has 12 rings (SSSR count). The molecule has 4 aromatic carbocycles. The van der Waals surface area contributed by atoms with E-state index in [2.05, 4.69) is 105 Å². The van der Waals surface area contributed by atoms with Crippen molar-refractivity contribution >= 4 is 0 Å². The second-order valence-electron chi connectivity index (χ2n) is 19.5. The lowest BCUT2D eigenvalue weighted by Crippen LogP contribution is -2.39. The summed E-state index contributed by atoms with van der Waals surface area (Å²) in [7, 11) is 0. The molecule has 58 heavy (non-hydrogen) atoms. The Morgan fingerprint density at radius 1 is 0.483 bits per heavy atom. The minimum atomic E-state index is 0.0643. The fourth-order valence-electron chi connectivity index (χ4n) is 12.6. The summed E-state index contributed by atoms with van der Waals surface area (Å²) in [6.45, 7) is 11.7. The lowest BCUT2D eigenvalue weighted by atomic mass is 9.86. The molecule has 304 valence electrons. The molecule has 8 heterocycles. The molecule has 4 unspecified atom stereocenters. The Kier molecular flexibility index (Phi) is 10.1. The number of hydrogen-bond donors (Lipinski definition) is 0. The van der Waals surface area contributed by atoms with Crippen LogP contribution in [0.3, 0.4) is 0 Å². The number of fused-ring (bicyclic) bond motifs is 6. The van der Waals surface area contributed by atoms with Crippen LogP contribution in [-0.2, 0) is 51.9 Å². The third kappa shape index (κ3) is 7.64. The molecule has 0 saturated carbocycles. The van der Waals surface area contributed by atoms with Gasteiger partial charge in [0.05, 0.1) is 0 Å². The number of nitrogens with zero attached hydrogens (tertiary/aromatic N) is 4. The van der Waals surface area contributed by atoms with Crippen molar-refractivity contribution in [2.45, 2.75) is 139 Å². The van der Waals surface area contributed by atoms with E-state index in [9.17, 15) is 0 Å². The van der Waals surface area contributed by atoms with Crippen molar-refractivity contribution in [2.75, 3.05) is 39.3 Å². The zero-order valence-corrected chi connectivity index (χ0v) is 34.8. The van der Waals surface area contributed by atoms with Gasteiger partial charge in [0, 0.05) is 83.6 Å². The van der Waals surface area contributed by atoms with E-state index in [-0.39, 0.29) is 11.2 Å². The van der Waals surface area contributed by atoms with Gasteiger partial charge in [0.15, 0.2) is 0 Å². The fraction of sp³-hybridized carbons (Fsp3) is 0.538. The molecule has 4 atom stereocenters. The normalized spacial score (nSPS) is 29.2. The molecular formula is C52H64N4O2. The molecular weight excluding hydrogens is 713 g/mol. The highest BCUT2D eigenvalue weighted by molar-refractivity contribution is 5.44. The highest BCUT2D eigenvalue weighted by Crippen LogP contribution is 2.45. The Balaban J connectivity index is 0.000000133. The summed E-state index contributed by atoms with van der Waals surface area (Å²) in [4.78, 5) is 10.6. The number of benzene rings is 4. The van der Waals surface area contributed by atoms with E-state index in [1.165, 1.54) is 148 Å². The summed E-state index contributed by atoms with van der Waals surface area (Å²) in [5.74, 6) is 2.31. The number of hydrogen-bond acceptors (Lipinski definition) is 6. The van der Waals surface area contributed by atoms with Gasteiger partial charge >= 0.3 is 0 Å². The highest BCUT2D eigenvalue weighted by Gasteiger charge is 2.45. The van der Waals surface area contributed by atoms with Gasteiger partial charge in [-0.25, -0.2) is 0 Å². The van der Waals surface area contributed by atoms with Crippen LogP contribution in [0, 0.1) is 0 Å². The van der Waals surface area contributed by atoms with E-state index in [1.54, 1.807) is 0 Å². The Hall–Kier alpha value is -3.68. The average Bonchev–Trinajstić information content (AvgIpc) is 4.01. The molecule has 8 aliphatic rings. The molecule has 2 spiro atoms. The van der Waals surface area contributed by atoms with Gasteiger partial charge in [0.25, 0.3) is 0 Å². The van der Waals surface area contributed by atoms with Crippen LogP contribution in [0.2, 0.25) is 0 Å². The minimum Gasteiger partial charge on any atom is -0.487 e. The summed E-state index contributed by atoms with van der Waals surface area (Å²) in [6.07, 6.45) is 17.5. The molecule has 4 aromatic rings. The molecule has 4 fully saturated rings. The van der Waals surface area contributed by atoms with Crippen LogP contribution < -0.4 is 9.47 Å². The van der Waals surface area contributed by atoms with Crippen LogP contribution in [0.15, 0.2) is 84.9 Å². The fourth-order valence-corrected chi connectivity index (χ4v) is 12.6. The van der Waals surface area contributed by atoms with Crippen LogP contribution in [0.5, 0.6) is 11.5 Å². The van der Waals surface area contributed by atoms with E-state index in [0.717, 1.165) is 75.7 Å². The Morgan fingerprint density at radius 2 is 1.03 bits per heavy atom. The lowest BCUT2D eigenvalue weighted by Gasteiger charge is -2.30. The highest BCUT2D eigenvalue weighted by atomic mass is 16.5. The monoisotopic (exact) mass is 777 g/mol. The Morgan fingerprint density at radius 3 is 1.69 bits per heavy atom. The van der Waals surface area contributed by atoms with Gasteiger partial charge in [-0.05, 0) is 140 Å². The minimum absolute atomic E-state index is 0.0643. The Labute approximate surface area is 347 Å². The van der Waals surface area contributed by atoms with E-state index >= 15 is 0 Å². The average molecular weight is 777 g/mol. The zero-order valence-electron chi connectivity index (χ0n) is 34.8. The van der Waals surface area contributed by atoms with Crippen molar-refractivity contribution in [1.29, 1.82) is 0 Å². The van der Waals surface area contributed by atoms with E-state index < -0.39 is 0 Å². The Bertz CT molecular complexity index is 2100. The molecule has 6 heteroatoms. The summed E-state index contributed by atoms with van der Waals surface area (Å²) < 4.78 is 13.3. The van der Waals surface area contributed by atoms with Crippen molar-refractivity contribution in [3.63, 3.8) is 0 Å². The van der Waals surface area contributed by atoms with Crippen LogP contribution in [0.1, 0.15) is 109 Å². The molecule has 4 saturated heterocycles. The first kappa shape index (κ1) is 37.3. The zero-order chi connectivity index (χ0) is 38.5. The lowest BCUT2D eigenvalue weighted by molar-refractivity contribution is 0.0649. The standard InChI is InChI=1S/2C26H32N2O/c1-2-6-22-19-27(14-10-21(22)5-1)18-20-8-9-25-23(15-20)16-26(29-25)11-4-13-28-12-3-7-24(28)17-26;1-2-5-22-19-27(14-10-21(22)4-1)18-20-7-8-25-23(16-20)17-26(29-25)11-9-24-6-3-13-28(24)15-12-26/h1-2,5-6,8-9,15,24H,3-4,7,10-14,16-19H2;1-2,4-5,7-8,16,24H,3,6,9-15,17-19H2. The molecule has 0 N–H and O–H groups in total. The summed E-state index contributed by atoms with van der Waals surface area (Å²) in [6, 6.07) is 33.4. The molecule has 6 nitrogen and oxygen atoms in total. The molecule has 0 radical (unpaired) electrons. The largest absolute Gasteiger partial charge is 0.487 e. The van der Waals surface area contributed by atoms with E-state index in [1.807, 2.05) is 0 Å². The smallest absolute Gasteiger partial charge is 0.123 e. The van der Waals surface area contributed by atoms with Crippen molar-refractivity contribution in [3.8, 4) is 11.5 Å². The van der Waals surface area contributed by atoms with Crippen molar-refractivity contribution in [1.82, 2.24) is 19.6 Å². The predicted octanol–water partition coefficient (Wildman–Crippen LogP) is 9.13. The molecule has 0 bridgehead atoms. The first-order chi connectivity index (χ1) is 28.5. The van der Waals surface area contributed by atoms with Gasteiger partial charge in [-0.2, -0.15) is 0 Å². The topological polar surface area (TPSA) is 31.4 Å². The second kappa shape index (κ2) is 15.7. The van der Waals surface area contributed by atoms with Gasteiger partial charge in [-0.1, -0.05) is 72.8 Å². The first-order valence-electron chi connectivity index (χ1n) is 23.2. The van der Waals surface area contributed by atoms with Gasteiger partial charge < -0.3 is 19.3 Å². The second-order valence-corrected chi connectivity index (χ2v) is 19.5. The molecule has 0 aromatic heterocycles. The maximum atomic E-state index is 6.67. The molecule has 8 aliphatic heterocycles. The van der Waals surface area contributed by atoms with Crippen LogP contribution in [0.4, 0.5) is 0 Å². The summed E-state index contributed by atoms with van der Waals surface area (Å²) in [5, 5.41) is 0. The van der Waals surface area contributed by atoms with E-state index in [0.29, 0.717) is 0 Å². The third-order valence-electron chi connectivity index (χ3n) is 15.6. The summed E-state index contributed by atoms with van der Waals surface area (Å²) in [5.41, 5.74) is 12.0.